The number of hydrogen-bond donors (Lipinski definition) is 0. The monoisotopic (exact) mass is 519 g/mol. The van der Waals surface area contributed by atoms with Gasteiger partial charge in [0.05, 0.1) is 11.2 Å². The summed E-state index contributed by atoms with van der Waals surface area (Å²) in [5.41, 5.74) is 2.46. The Balaban J connectivity index is 1.46. The van der Waals surface area contributed by atoms with E-state index >= 15 is 0 Å². The first-order valence-corrected chi connectivity index (χ1v) is 12.5. The number of carbonyl (C=O) groups excluding carboxylic acids is 2. The molecule has 5 rings (SSSR count). The predicted molar refractivity (Wildman–Crippen MR) is 138 cm³/mol. The zero-order valence-corrected chi connectivity index (χ0v) is 22.3. The molecule has 0 unspecified atom stereocenters. The summed E-state index contributed by atoms with van der Waals surface area (Å²) in [5, 5.41) is 7.56. The highest BCUT2D eigenvalue weighted by Crippen LogP contribution is 2.35. The Bertz CT molecular complexity index is 1530. The van der Waals surface area contributed by atoms with Crippen molar-refractivity contribution >= 4 is 22.9 Å². The van der Waals surface area contributed by atoms with E-state index in [1.807, 2.05) is 19.9 Å². The molecule has 1 saturated heterocycles. The maximum absolute atomic E-state index is 13.7. The lowest BCUT2D eigenvalue weighted by Gasteiger charge is -2.46. The molecule has 1 aromatic carbocycles. The summed E-state index contributed by atoms with van der Waals surface area (Å²) < 4.78 is 25.0. The van der Waals surface area contributed by atoms with Crippen molar-refractivity contribution in [2.45, 2.75) is 52.5 Å². The molecule has 198 valence electrons. The average Bonchev–Trinajstić information content (AvgIpc) is 3.48. The Morgan fingerprint density at radius 2 is 1.71 bits per heavy atom. The highest BCUT2D eigenvalue weighted by Gasteiger charge is 2.41. The Kier molecular flexibility index (Phi) is 6.08. The second kappa shape index (κ2) is 9.04. The molecule has 0 aliphatic carbocycles. The van der Waals surface area contributed by atoms with E-state index < -0.39 is 5.54 Å². The zero-order valence-electron chi connectivity index (χ0n) is 22.3. The molecule has 0 saturated carbocycles. The molecule has 1 aliphatic rings. The van der Waals surface area contributed by atoms with E-state index in [1.165, 1.54) is 12.1 Å². The minimum Gasteiger partial charge on any atom is -0.449 e. The van der Waals surface area contributed by atoms with Gasteiger partial charge in [0.1, 0.15) is 11.3 Å². The number of furan rings is 1. The summed E-state index contributed by atoms with van der Waals surface area (Å²) in [6.07, 6.45) is 0. The van der Waals surface area contributed by atoms with Crippen molar-refractivity contribution in [3.8, 4) is 11.3 Å². The van der Waals surface area contributed by atoms with Crippen LogP contribution in [0.4, 0.5) is 4.39 Å². The van der Waals surface area contributed by atoms with Crippen LogP contribution in [-0.2, 0) is 5.41 Å². The van der Waals surface area contributed by atoms with Crippen LogP contribution < -0.4 is 0 Å². The van der Waals surface area contributed by atoms with Crippen molar-refractivity contribution in [1.29, 1.82) is 0 Å². The number of hydrogen-bond acceptors (Lipinski definition) is 7. The molecule has 4 heterocycles. The normalized spacial score (nSPS) is 15.8. The second-order valence-electron chi connectivity index (χ2n) is 11.3. The Hall–Kier alpha value is -4.08. The lowest BCUT2D eigenvalue weighted by atomic mass is 9.86. The van der Waals surface area contributed by atoms with Crippen LogP contribution in [0.15, 0.2) is 45.2 Å². The SMILES string of the molecule is Cc1nnc(C(=O)N2CCN(C(=O)c3cc4nc(-c5ccc(F)cc5)cc(C(C)(C)C)c4o3)C(C)(C)C2)o1. The molecule has 4 aromatic rings. The summed E-state index contributed by atoms with van der Waals surface area (Å²) in [6.45, 7) is 12.5. The van der Waals surface area contributed by atoms with E-state index in [0.29, 0.717) is 42.3 Å². The first-order chi connectivity index (χ1) is 17.8. The fourth-order valence-electron chi connectivity index (χ4n) is 4.81. The molecule has 0 atom stereocenters. The summed E-state index contributed by atoms with van der Waals surface area (Å²) >= 11 is 0. The molecule has 3 aromatic heterocycles. The van der Waals surface area contributed by atoms with E-state index in [2.05, 4.69) is 31.0 Å². The smallest absolute Gasteiger partial charge is 0.311 e. The summed E-state index contributed by atoms with van der Waals surface area (Å²) in [6, 6.07) is 9.75. The molecule has 0 radical (unpaired) electrons. The van der Waals surface area contributed by atoms with Gasteiger partial charge in [0, 0.05) is 43.8 Å². The standard InChI is InChI=1S/C28H30FN5O4/c1-16-31-32-24(37-16)26(36)33-11-12-34(28(5,6)15-33)25(35)22-14-21-23(38-22)19(27(2,3)4)13-20(30-21)17-7-9-18(29)10-8-17/h7-10,13-14H,11-12,15H2,1-6H3. The van der Waals surface area contributed by atoms with E-state index in [0.717, 1.165) is 11.1 Å². The number of halogens is 1. The number of benzene rings is 1. The van der Waals surface area contributed by atoms with Gasteiger partial charge in [-0.2, -0.15) is 0 Å². The van der Waals surface area contributed by atoms with Gasteiger partial charge in [-0.05, 0) is 49.6 Å². The van der Waals surface area contributed by atoms with Crippen LogP contribution in [0, 0.1) is 12.7 Å². The van der Waals surface area contributed by atoms with E-state index in [-0.39, 0.29) is 34.7 Å². The number of piperazine rings is 1. The maximum Gasteiger partial charge on any atom is 0.311 e. The maximum atomic E-state index is 13.7. The minimum absolute atomic E-state index is 0.0619. The molecule has 9 nitrogen and oxygen atoms in total. The van der Waals surface area contributed by atoms with Crippen molar-refractivity contribution < 1.29 is 22.8 Å². The van der Waals surface area contributed by atoms with Gasteiger partial charge in [-0.15, -0.1) is 10.2 Å². The van der Waals surface area contributed by atoms with Crippen LogP contribution in [0.5, 0.6) is 0 Å². The van der Waals surface area contributed by atoms with Gasteiger partial charge in [0.25, 0.3) is 5.91 Å². The molecule has 0 spiro atoms. The van der Waals surface area contributed by atoms with Crippen LogP contribution >= 0.6 is 0 Å². The quantitative estimate of drug-likeness (QED) is 0.375. The first kappa shape index (κ1) is 25.6. The van der Waals surface area contributed by atoms with Crippen molar-refractivity contribution in [3.05, 3.63) is 65.3 Å². The van der Waals surface area contributed by atoms with Gasteiger partial charge in [0.15, 0.2) is 11.3 Å². The topological polar surface area (TPSA) is 106 Å². The van der Waals surface area contributed by atoms with E-state index in [4.69, 9.17) is 13.8 Å². The van der Waals surface area contributed by atoms with Crippen LogP contribution in [0.1, 0.15) is 67.3 Å². The third-order valence-electron chi connectivity index (χ3n) is 6.78. The van der Waals surface area contributed by atoms with Gasteiger partial charge in [-0.3, -0.25) is 9.59 Å². The minimum atomic E-state index is -0.682. The molecular weight excluding hydrogens is 489 g/mol. The van der Waals surface area contributed by atoms with Gasteiger partial charge < -0.3 is 18.6 Å². The van der Waals surface area contributed by atoms with Gasteiger partial charge in [-0.25, -0.2) is 9.37 Å². The number of nitrogens with zero attached hydrogens (tertiary/aromatic N) is 5. The number of amides is 2. The summed E-state index contributed by atoms with van der Waals surface area (Å²) in [4.78, 5) is 34.6. The van der Waals surface area contributed by atoms with E-state index in [9.17, 15) is 14.0 Å². The number of aryl methyl sites for hydroxylation is 1. The number of rotatable bonds is 3. The largest absolute Gasteiger partial charge is 0.449 e. The highest BCUT2D eigenvalue weighted by molar-refractivity contribution is 5.97. The zero-order chi connectivity index (χ0) is 27.4. The summed E-state index contributed by atoms with van der Waals surface area (Å²) in [7, 11) is 0. The van der Waals surface area contributed by atoms with Crippen molar-refractivity contribution in [2.24, 2.45) is 0 Å². The Labute approximate surface area is 219 Å². The first-order valence-electron chi connectivity index (χ1n) is 12.5. The van der Waals surface area contributed by atoms with Crippen LogP contribution in [0.2, 0.25) is 0 Å². The van der Waals surface area contributed by atoms with Crippen LogP contribution in [-0.4, -0.2) is 62.0 Å². The van der Waals surface area contributed by atoms with Crippen molar-refractivity contribution in [2.75, 3.05) is 19.6 Å². The van der Waals surface area contributed by atoms with Gasteiger partial charge in [-0.1, -0.05) is 20.8 Å². The summed E-state index contributed by atoms with van der Waals surface area (Å²) in [5.74, 6) is -0.530. The molecular formula is C28H30FN5O4. The predicted octanol–water partition coefficient (Wildman–Crippen LogP) is 5.00. The molecule has 2 amide bonds. The highest BCUT2D eigenvalue weighted by atomic mass is 19.1. The van der Waals surface area contributed by atoms with Gasteiger partial charge >= 0.3 is 11.8 Å². The second-order valence-corrected chi connectivity index (χ2v) is 11.3. The van der Waals surface area contributed by atoms with Crippen molar-refractivity contribution in [1.82, 2.24) is 25.0 Å². The van der Waals surface area contributed by atoms with Gasteiger partial charge in [0.2, 0.25) is 5.89 Å². The molecule has 0 bridgehead atoms. The molecule has 10 heteroatoms. The van der Waals surface area contributed by atoms with Crippen LogP contribution in [0.25, 0.3) is 22.4 Å². The average molecular weight is 520 g/mol. The molecule has 1 fully saturated rings. The Morgan fingerprint density at radius 1 is 1.00 bits per heavy atom. The molecule has 0 N–H and O–H groups in total. The molecule has 1 aliphatic heterocycles. The number of aromatic nitrogens is 3. The van der Waals surface area contributed by atoms with E-state index in [1.54, 1.807) is 34.9 Å². The number of pyridine rings is 1. The van der Waals surface area contributed by atoms with Crippen LogP contribution in [0.3, 0.4) is 0 Å². The molecule has 38 heavy (non-hydrogen) atoms. The third kappa shape index (κ3) is 4.66. The fraction of sp³-hybridized carbons (Fsp3) is 0.393. The number of carbonyl (C=O) groups is 2. The fourth-order valence-corrected chi connectivity index (χ4v) is 4.81. The lowest BCUT2D eigenvalue weighted by Crippen LogP contribution is -2.62. The third-order valence-corrected chi connectivity index (χ3v) is 6.78. The van der Waals surface area contributed by atoms with Crippen molar-refractivity contribution in [3.63, 3.8) is 0 Å². The Morgan fingerprint density at radius 3 is 2.32 bits per heavy atom. The number of fused-ring (bicyclic) bond motifs is 1. The lowest BCUT2D eigenvalue weighted by molar-refractivity contribution is 0.0136.